The van der Waals surface area contributed by atoms with Gasteiger partial charge in [0.25, 0.3) is 0 Å². The Morgan fingerprint density at radius 3 is 2.55 bits per heavy atom. The fourth-order valence-electron chi connectivity index (χ4n) is 2.27. The Hall–Kier alpha value is -1.96. The van der Waals surface area contributed by atoms with Crippen LogP contribution in [0.25, 0.3) is 0 Å². The van der Waals surface area contributed by atoms with E-state index in [-0.39, 0.29) is 0 Å². The van der Waals surface area contributed by atoms with Crippen LogP contribution in [0.4, 0.5) is 0 Å². The summed E-state index contributed by atoms with van der Waals surface area (Å²) in [4.78, 5) is 0. The van der Waals surface area contributed by atoms with Crippen LogP contribution in [0.5, 0.6) is 0 Å². The molecule has 0 bridgehead atoms. The normalized spacial score (nSPS) is 11.3. The van der Waals surface area contributed by atoms with E-state index in [4.69, 9.17) is 4.42 Å². The third-order valence-corrected chi connectivity index (χ3v) is 4.11. The minimum Gasteiger partial charge on any atom is -0.423 e. The molecule has 3 aromatic rings. The average molecular weight is 365 g/mol. The lowest BCUT2D eigenvalue weighted by molar-refractivity contribution is 0.415. The highest BCUT2D eigenvalue weighted by molar-refractivity contribution is 9.10. The number of halogens is 1. The first-order valence-electron chi connectivity index (χ1n) is 7.03. The van der Waals surface area contributed by atoms with Crippen LogP contribution in [0.3, 0.4) is 0 Å². The van der Waals surface area contributed by atoms with Crippen molar-refractivity contribution in [1.82, 2.24) is 29.8 Å². The van der Waals surface area contributed by atoms with Gasteiger partial charge in [0.15, 0.2) is 0 Å². The molecule has 0 aliphatic heterocycles. The van der Waals surface area contributed by atoms with Gasteiger partial charge in [0, 0.05) is 24.9 Å². The Kier molecular flexibility index (Phi) is 4.10. The SMILES string of the molecule is Cc1cc(C)n(CCc2nnc(Cn3cc(Br)c(C)n3)o2)n1. The second-order valence-electron chi connectivity index (χ2n) is 5.25. The van der Waals surface area contributed by atoms with E-state index in [9.17, 15) is 0 Å². The van der Waals surface area contributed by atoms with E-state index in [2.05, 4.69) is 42.4 Å². The minimum atomic E-state index is 0.472. The summed E-state index contributed by atoms with van der Waals surface area (Å²) in [7, 11) is 0. The highest BCUT2D eigenvalue weighted by atomic mass is 79.9. The van der Waals surface area contributed by atoms with Crippen molar-refractivity contribution in [3.63, 3.8) is 0 Å². The molecule has 3 aromatic heterocycles. The zero-order valence-corrected chi connectivity index (χ0v) is 14.3. The summed E-state index contributed by atoms with van der Waals surface area (Å²) in [5.41, 5.74) is 3.08. The fourth-order valence-corrected chi connectivity index (χ4v) is 2.58. The van der Waals surface area contributed by atoms with E-state index in [0.717, 1.165) is 28.1 Å². The number of hydrogen-bond acceptors (Lipinski definition) is 5. The van der Waals surface area contributed by atoms with Crippen LogP contribution in [-0.2, 0) is 19.5 Å². The summed E-state index contributed by atoms with van der Waals surface area (Å²) in [5, 5.41) is 16.9. The summed E-state index contributed by atoms with van der Waals surface area (Å²) in [6, 6.07) is 2.05. The maximum atomic E-state index is 5.67. The molecule has 0 radical (unpaired) electrons. The second kappa shape index (κ2) is 6.04. The molecule has 22 heavy (non-hydrogen) atoms. The molecule has 3 heterocycles. The second-order valence-corrected chi connectivity index (χ2v) is 6.10. The zero-order chi connectivity index (χ0) is 15.7. The van der Waals surface area contributed by atoms with Gasteiger partial charge in [-0.05, 0) is 42.8 Å². The largest absolute Gasteiger partial charge is 0.423 e. The first-order chi connectivity index (χ1) is 10.5. The molecule has 0 aromatic carbocycles. The van der Waals surface area contributed by atoms with Crippen molar-refractivity contribution < 1.29 is 4.42 Å². The smallest absolute Gasteiger partial charge is 0.237 e. The van der Waals surface area contributed by atoms with Gasteiger partial charge in [0.2, 0.25) is 11.8 Å². The van der Waals surface area contributed by atoms with Crippen LogP contribution in [0.1, 0.15) is 28.9 Å². The van der Waals surface area contributed by atoms with Gasteiger partial charge in [-0.1, -0.05) is 0 Å². The summed E-state index contributed by atoms with van der Waals surface area (Å²) in [5.74, 6) is 1.17. The van der Waals surface area contributed by atoms with Crippen LogP contribution in [0.15, 0.2) is 21.2 Å². The fraction of sp³-hybridized carbons (Fsp3) is 0.429. The van der Waals surface area contributed by atoms with E-state index in [0.29, 0.717) is 24.7 Å². The topological polar surface area (TPSA) is 74.6 Å². The predicted molar refractivity (Wildman–Crippen MR) is 83.5 cm³/mol. The zero-order valence-electron chi connectivity index (χ0n) is 12.7. The molecule has 0 atom stereocenters. The van der Waals surface area contributed by atoms with E-state index in [1.54, 1.807) is 4.68 Å². The number of nitrogens with zero attached hydrogens (tertiary/aromatic N) is 6. The predicted octanol–water partition coefficient (Wildman–Crippen LogP) is 2.44. The average Bonchev–Trinajstić information content (AvgIpc) is 3.10. The number of rotatable bonds is 5. The highest BCUT2D eigenvalue weighted by Gasteiger charge is 2.10. The molecular formula is C14H17BrN6O. The van der Waals surface area contributed by atoms with Crippen molar-refractivity contribution in [2.45, 2.75) is 40.3 Å². The van der Waals surface area contributed by atoms with Crippen LogP contribution < -0.4 is 0 Å². The van der Waals surface area contributed by atoms with E-state index in [1.807, 2.05) is 31.6 Å². The molecule has 0 aliphatic rings. The monoisotopic (exact) mass is 364 g/mol. The molecule has 7 nitrogen and oxygen atoms in total. The summed E-state index contributed by atoms with van der Waals surface area (Å²) >= 11 is 3.43. The lowest BCUT2D eigenvalue weighted by atomic mass is 10.4. The van der Waals surface area contributed by atoms with Crippen molar-refractivity contribution in [3.05, 3.63) is 45.6 Å². The van der Waals surface area contributed by atoms with Gasteiger partial charge >= 0.3 is 0 Å². The molecule has 0 N–H and O–H groups in total. The Balaban J connectivity index is 1.62. The van der Waals surface area contributed by atoms with Gasteiger partial charge < -0.3 is 4.42 Å². The Morgan fingerprint density at radius 2 is 1.91 bits per heavy atom. The molecule has 0 spiro atoms. The van der Waals surface area contributed by atoms with Crippen LogP contribution >= 0.6 is 15.9 Å². The Labute approximate surface area is 136 Å². The molecule has 0 fully saturated rings. The standard InChI is InChI=1S/C14H17BrN6O/c1-9-6-10(2)21(18-9)5-4-13-16-17-14(22-13)8-20-7-12(15)11(3)19-20/h6-7H,4-5,8H2,1-3H3. The van der Waals surface area contributed by atoms with Crippen molar-refractivity contribution in [2.24, 2.45) is 0 Å². The van der Waals surface area contributed by atoms with Gasteiger partial charge in [-0.2, -0.15) is 10.2 Å². The van der Waals surface area contributed by atoms with Crippen LogP contribution in [-0.4, -0.2) is 29.8 Å². The van der Waals surface area contributed by atoms with E-state index in [1.165, 1.54) is 0 Å². The maximum Gasteiger partial charge on any atom is 0.237 e. The molecule has 116 valence electrons. The summed E-state index contributed by atoms with van der Waals surface area (Å²) < 4.78 is 10.4. The quantitative estimate of drug-likeness (QED) is 0.694. The van der Waals surface area contributed by atoms with Gasteiger partial charge in [-0.3, -0.25) is 9.36 Å². The lowest BCUT2D eigenvalue weighted by Gasteiger charge is -2.01. The summed E-state index contributed by atoms with van der Waals surface area (Å²) in [6.45, 7) is 7.16. The van der Waals surface area contributed by atoms with Gasteiger partial charge in [0.1, 0.15) is 6.54 Å². The lowest BCUT2D eigenvalue weighted by Crippen LogP contribution is -2.05. The van der Waals surface area contributed by atoms with Crippen molar-refractivity contribution in [3.8, 4) is 0 Å². The Bertz CT molecular complexity index is 768. The minimum absolute atomic E-state index is 0.472. The number of aromatic nitrogens is 6. The third-order valence-electron chi connectivity index (χ3n) is 3.33. The van der Waals surface area contributed by atoms with Crippen molar-refractivity contribution in [1.29, 1.82) is 0 Å². The molecule has 0 amide bonds. The maximum absolute atomic E-state index is 5.67. The van der Waals surface area contributed by atoms with Crippen LogP contribution in [0.2, 0.25) is 0 Å². The first-order valence-corrected chi connectivity index (χ1v) is 7.82. The Morgan fingerprint density at radius 1 is 1.14 bits per heavy atom. The molecule has 3 rings (SSSR count). The summed E-state index contributed by atoms with van der Waals surface area (Å²) in [6.07, 6.45) is 2.56. The van der Waals surface area contributed by atoms with Crippen molar-refractivity contribution >= 4 is 15.9 Å². The molecule has 0 saturated carbocycles. The molecule has 0 aliphatic carbocycles. The number of hydrogen-bond donors (Lipinski definition) is 0. The highest BCUT2D eigenvalue weighted by Crippen LogP contribution is 2.14. The van der Waals surface area contributed by atoms with E-state index >= 15 is 0 Å². The number of aryl methyl sites for hydroxylation is 5. The molecule has 0 saturated heterocycles. The molecule has 0 unspecified atom stereocenters. The molecular weight excluding hydrogens is 348 g/mol. The van der Waals surface area contributed by atoms with Gasteiger partial charge in [0.05, 0.1) is 15.9 Å². The first kappa shape index (κ1) is 15.0. The van der Waals surface area contributed by atoms with Gasteiger partial charge in [-0.15, -0.1) is 10.2 Å². The molecule has 8 heteroatoms. The van der Waals surface area contributed by atoms with E-state index < -0.39 is 0 Å². The third kappa shape index (κ3) is 3.27. The van der Waals surface area contributed by atoms with Crippen LogP contribution in [0, 0.1) is 20.8 Å². The van der Waals surface area contributed by atoms with Crippen molar-refractivity contribution in [2.75, 3.05) is 0 Å². The van der Waals surface area contributed by atoms with Gasteiger partial charge in [-0.25, -0.2) is 0 Å².